The Labute approximate surface area is 123 Å². The summed E-state index contributed by atoms with van der Waals surface area (Å²) in [4.78, 5) is 24.1. The lowest BCUT2D eigenvalue weighted by Crippen LogP contribution is -2.46. The number of amides is 1. The fraction of sp³-hybridized carbons (Fsp3) is 0.417. The largest absolute Gasteiger partial charge is 0.394 e. The number of non-ortho nitro benzene ring substituents is 1. The van der Waals surface area contributed by atoms with Gasteiger partial charge in [-0.1, -0.05) is 15.9 Å². The summed E-state index contributed by atoms with van der Waals surface area (Å²) in [5, 5.41) is 19.9. The number of nitrogens with zero attached hydrogens (tertiary/aromatic N) is 2. The van der Waals surface area contributed by atoms with Gasteiger partial charge in [-0.15, -0.1) is 0 Å². The van der Waals surface area contributed by atoms with Crippen LogP contribution in [0.25, 0.3) is 0 Å². The molecule has 1 unspecified atom stereocenters. The first kappa shape index (κ1) is 14.9. The summed E-state index contributed by atoms with van der Waals surface area (Å²) < 4.78 is 5.74. The van der Waals surface area contributed by atoms with Gasteiger partial charge in [-0.05, 0) is 6.07 Å². The van der Waals surface area contributed by atoms with Crippen LogP contribution in [-0.2, 0) is 4.74 Å². The SMILES string of the molecule is O=C(c1cc(Br)cc([N+](=O)[O-])c1)N1CCOC(CO)C1. The lowest BCUT2D eigenvalue weighted by atomic mass is 10.1. The molecule has 0 aliphatic carbocycles. The van der Waals surface area contributed by atoms with Gasteiger partial charge in [0.1, 0.15) is 0 Å². The lowest BCUT2D eigenvalue weighted by molar-refractivity contribution is -0.385. The van der Waals surface area contributed by atoms with Crippen molar-refractivity contribution in [1.29, 1.82) is 0 Å². The number of hydrogen-bond acceptors (Lipinski definition) is 5. The van der Waals surface area contributed by atoms with E-state index in [0.717, 1.165) is 0 Å². The fourth-order valence-electron chi connectivity index (χ4n) is 2.00. The third-order valence-corrected chi connectivity index (χ3v) is 3.43. The van der Waals surface area contributed by atoms with E-state index in [9.17, 15) is 14.9 Å². The summed E-state index contributed by atoms with van der Waals surface area (Å²) in [5.41, 5.74) is 0.0966. The average Bonchev–Trinajstić information content (AvgIpc) is 2.45. The van der Waals surface area contributed by atoms with Gasteiger partial charge in [0.15, 0.2) is 0 Å². The Balaban J connectivity index is 2.22. The summed E-state index contributed by atoms with van der Waals surface area (Å²) in [7, 11) is 0. The maximum absolute atomic E-state index is 12.3. The molecule has 2 rings (SSSR count). The number of aliphatic hydroxyl groups is 1. The Hall–Kier alpha value is -1.51. The molecule has 1 fully saturated rings. The Kier molecular flexibility index (Phi) is 4.69. The highest BCUT2D eigenvalue weighted by Gasteiger charge is 2.25. The first-order valence-electron chi connectivity index (χ1n) is 5.98. The number of aliphatic hydroxyl groups excluding tert-OH is 1. The Morgan fingerprint density at radius 2 is 2.30 bits per heavy atom. The fourth-order valence-corrected chi connectivity index (χ4v) is 2.48. The summed E-state index contributed by atoms with van der Waals surface area (Å²) in [5.74, 6) is -0.309. The third-order valence-electron chi connectivity index (χ3n) is 2.97. The smallest absolute Gasteiger partial charge is 0.271 e. The van der Waals surface area contributed by atoms with Crippen molar-refractivity contribution in [3.8, 4) is 0 Å². The topological polar surface area (TPSA) is 92.9 Å². The second kappa shape index (κ2) is 6.29. The molecule has 1 N–H and O–H groups in total. The van der Waals surface area contributed by atoms with Crippen molar-refractivity contribution in [2.24, 2.45) is 0 Å². The van der Waals surface area contributed by atoms with Gasteiger partial charge >= 0.3 is 0 Å². The van der Waals surface area contributed by atoms with Crippen LogP contribution in [0.3, 0.4) is 0 Å². The van der Waals surface area contributed by atoms with Crippen molar-refractivity contribution in [1.82, 2.24) is 4.90 Å². The van der Waals surface area contributed by atoms with Crippen LogP contribution in [0.5, 0.6) is 0 Å². The predicted molar refractivity (Wildman–Crippen MR) is 73.5 cm³/mol. The van der Waals surface area contributed by atoms with Gasteiger partial charge in [0.25, 0.3) is 11.6 Å². The highest BCUT2D eigenvalue weighted by Crippen LogP contribution is 2.23. The Bertz CT molecular complexity index is 537. The molecular formula is C12H13BrN2O5. The van der Waals surface area contributed by atoms with Crippen molar-refractivity contribution in [2.75, 3.05) is 26.3 Å². The monoisotopic (exact) mass is 344 g/mol. The molecule has 1 saturated heterocycles. The van der Waals surface area contributed by atoms with Gasteiger partial charge in [-0.25, -0.2) is 0 Å². The number of nitro benzene ring substituents is 1. The molecule has 1 aromatic carbocycles. The summed E-state index contributed by atoms with van der Waals surface area (Å²) >= 11 is 3.16. The van der Waals surface area contributed by atoms with E-state index >= 15 is 0 Å². The molecule has 0 aromatic heterocycles. The minimum Gasteiger partial charge on any atom is -0.394 e. The molecule has 8 heteroatoms. The molecule has 1 atom stereocenters. The summed E-state index contributed by atoms with van der Waals surface area (Å²) in [6, 6.07) is 4.13. The van der Waals surface area contributed by atoms with E-state index in [-0.39, 0.29) is 30.3 Å². The zero-order valence-electron chi connectivity index (χ0n) is 10.5. The zero-order chi connectivity index (χ0) is 14.7. The number of halogens is 1. The van der Waals surface area contributed by atoms with E-state index in [1.54, 1.807) is 6.07 Å². The summed E-state index contributed by atoms with van der Waals surface area (Å²) in [6.07, 6.45) is -0.408. The molecule has 1 amide bonds. The van der Waals surface area contributed by atoms with E-state index in [0.29, 0.717) is 17.6 Å². The molecule has 108 valence electrons. The molecular weight excluding hydrogens is 332 g/mol. The molecule has 1 heterocycles. The van der Waals surface area contributed by atoms with E-state index in [4.69, 9.17) is 9.84 Å². The van der Waals surface area contributed by atoms with Crippen LogP contribution in [-0.4, -0.2) is 53.2 Å². The number of ether oxygens (including phenoxy) is 1. The van der Waals surface area contributed by atoms with E-state index < -0.39 is 11.0 Å². The van der Waals surface area contributed by atoms with Gasteiger partial charge in [0.05, 0.1) is 24.2 Å². The van der Waals surface area contributed by atoms with Crippen LogP contribution in [0, 0.1) is 10.1 Å². The molecule has 7 nitrogen and oxygen atoms in total. The van der Waals surface area contributed by atoms with Gasteiger partial charge in [0.2, 0.25) is 0 Å². The maximum atomic E-state index is 12.3. The molecule has 0 bridgehead atoms. The van der Waals surface area contributed by atoms with Crippen molar-refractivity contribution < 1.29 is 19.6 Å². The summed E-state index contributed by atoms with van der Waals surface area (Å²) in [6.45, 7) is 0.848. The van der Waals surface area contributed by atoms with Crippen molar-refractivity contribution >= 4 is 27.5 Å². The van der Waals surface area contributed by atoms with Crippen LogP contribution in [0.4, 0.5) is 5.69 Å². The normalized spacial score (nSPS) is 18.9. The van der Waals surface area contributed by atoms with Crippen molar-refractivity contribution in [3.05, 3.63) is 38.3 Å². The molecule has 1 aromatic rings. The zero-order valence-corrected chi connectivity index (χ0v) is 12.1. The van der Waals surface area contributed by atoms with Gasteiger partial charge in [0, 0.05) is 35.3 Å². The van der Waals surface area contributed by atoms with Crippen molar-refractivity contribution in [2.45, 2.75) is 6.10 Å². The molecule has 0 radical (unpaired) electrons. The lowest BCUT2D eigenvalue weighted by Gasteiger charge is -2.32. The molecule has 1 aliphatic heterocycles. The Morgan fingerprint density at radius 1 is 1.55 bits per heavy atom. The van der Waals surface area contributed by atoms with Crippen LogP contribution < -0.4 is 0 Å². The van der Waals surface area contributed by atoms with E-state index in [2.05, 4.69) is 15.9 Å². The van der Waals surface area contributed by atoms with Crippen LogP contribution in [0.15, 0.2) is 22.7 Å². The quantitative estimate of drug-likeness (QED) is 0.656. The van der Waals surface area contributed by atoms with Crippen molar-refractivity contribution in [3.63, 3.8) is 0 Å². The average molecular weight is 345 g/mol. The molecule has 0 saturated carbocycles. The minimum absolute atomic E-state index is 0.144. The highest BCUT2D eigenvalue weighted by atomic mass is 79.9. The number of nitro groups is 1. The van der Waals surface area contributed by atoms with Gasteiger partial charge in [-0.3, -0.25) is 14.9 Å². The Morgan fingerprint density at radius 3 is 2.95 bits per heavy atom. The molecule has 0 spiro atoms. The number of benzene rings is 1. The van der Waals surface area contributed by atoms with Gasteiger partial charge in [-0.2, -0.15) is 0 Å². The predicted octanol–water partition coefficient (Wildman–Crippen LogP) is 1.19. The standard InChI is InChI=1S/C12H13BrN2O5/c13-9-3-8(4-10(5-9)15(18)19)12(17)14-1-2-20-11(6-14)7-16/h3-5,11,16H,1-2,6-7H2. The third kappa shape index (κ3) is 3.33. The number of morpholine rings is 1. The second-order valence-electron chi connectivity index (χ2n) is 4.38. The van der Waals surface area contributed by atoms with Gasteiger partial charge < -0.3 is 14.7 Å². The molecule has 20 heavy (non-hydrogen) atoms. The van der Waals surface area contributed by atoms with E-state index in [1.165, 1.54) is 17.0 Å². The first-order valence-corrected chi connectivity index (χ1v) is 6.77. The van der Waals surface area contributed by atoms with E-state index in [1.807, 2.05) is 0 Å². The maximum Gasteiger partial charge on any atom is 0.271 e. The van der Waals surface area contributed by atoms with Crippen LogP contribution in [0.2, 0.25) is 0 Å². The first-order chi connectivity index (χ1) is 9.51. The number of carbonyl (C=O) groups is 1. The van der Waals surface area contributed by atoms with Crippen LogP contribution >= 0.6 is 15.9 Å². The number of carbonyl (C=O) groups excluding carboxylic acids is 1. The minimum atomic E-state index is -0.544. The number of hydrogen-bond donors (Lipinski definition) is 1. The molecule has 1 aliphatic rings. The van der Waals surface area contributed by atoms with Crippen LogP contribution in [0.1, 0.15) is 10.4 Å². The number of rotatable bonds is 3. The highest BCUT2D eigenvalue weighted by molar-refractivity contribution is 9.10. The second-order valence-corrected chi connectivity index (χ2v) is 5.30.